The van der Waals surface area contributed by atoms with Crippen molar-refractivity contribution in [1.82, 2.24) is 29.9 Å². The molecule has 2 aliphatic rings. The lowest BCUT2D eigenvalue weighted by Gasteiger charge is -2.34. The number of hydrogen-bond acceptors (Lipinski definition) is 7. The molecule has 1 atom stereocenters. The highest BCUT2D eigenvalue weighted by Gasteiger charge is 2.29. The molecule has 1 N–H and O–H groups in total. The van der Waals surface area contributed by atoms with Crippen LogP contribution in [0, 0.1) is 0 Å². The van der Waals surface area contributed by atoms with Gasteiger partial charge in [-0.05, 0) is 43.0 Å². The molecule has 0 spiro atoms. The van der Waals surface area contributed by atoms with E-state index in [9.17, 15) is 0 Å². The van der Waals surface area contributed by atoms with Crippen molar-refractivity contribution < 1.29 is 4.74 Å². The number of piperazine rings is 1. The number of hydrogen-bond donors (Lipinski definition) is 1. The van der Waals surface area contributed by atoms with Gasteiger partial charge in [0.1, 0.15) is 11.6 Å². The number of rotatable bonds is 10. The fraction of sp³-hybridized carbons (Fsp3) is 0.517. The second-order valence-electron chi connectivity index (χ2n) is 9.99. The Bertz CT molecular complexity index is 1160. The van der Waals surface area contributed by atoms with Gasteiger partial charge in [-0.1, -0.05) is 44.0 Å². The van der Waals surface area contributed by atoms with E-state index in [4.69, 9.17) is 4.74 Å². The molecule has 2 aromatic carbocycles. The van der Waals surface area contributed by atoms with Gasteiger partial charge < -0.3 is 14.5 Å². The van der Waals surface area contributed by atoms with E-state index in [2.05, 4.69) is 79.5 Å². The number of nitrogens with one attached hydrogen (secondary N) is 1. The van der Waals surface area contributed by atoms with Crippen molar-refractivity contribution in [3.05, 3.63) is 65.2 Å². The number of unbranched alkanes of at least 4 members (excludes halogenated alkanes) is 2. The summed E-state index contributed by atoms with van der Waals surface area (Å²) in [6, 6.07) is 15.2. The zero-order valence-corrected chi connectivity index (χ0v) is 23.3. The van der Waals surface area contributed by atoms with Gasteiger partial charge in [-0.3, -0.25) is 9.88 Å². The fourth-order valence-electron chi connectivity index (χ4n) is 5.54. The Labute approximate surface area is 225 Å². The fourth-order valence-corrected chi connectivity index (χ4v) is 5.95. The van der Waals surface area contributed by atoms with Gasteiger partial charge in [0.15, 0.2) is 5.82 Å². The van der Waals surface area contributed by atoms with E-state index in [-0.39, 0.29) is 6.04 Å². The van der Waals surface area contributed by atoms with Crippen molar-refractivity contribution in [1.29, 1.82) is 0 Å². The third-order valence-corrected chi connectivity index (χ3v) is 8.43. The molecule has 7 nitrogen and oxygen atoms in total. The van der Waals surface area contributed by atoms with Gasteiger partial charge in [-0.15, -0.1) is 22.0 Å². The maximum atomic E-state index is 5.89. The number of fused-ring (bicyclic) bond motifs is 3. The number of methoxy groups -OCH3 is 1. The first-order valence-corrected chi connectivity index (χ1v) is 14.9. The van der Waals surface area contributed by atoms with Gasteiger partial charge in [0.2, 0.25) is 0 Å². The molecule has 1 aromatic heterocycles. The summed E-state index contributed by atoms with van der Waals surface area (Å²) in [5.74, 6) is 2.80. The van der Waals surface area contributed by atoms with Gasteiger partial charge in [0.25, 0.3) is 0 Å². The van der Waals surface area contributed by atoms with Crippen LogP contribution in [0.5, 0.6) is 5.75 Å². The van der Waals surface area contributed by atoms with E-state index in [0.717, 1.165) is 49.1 Å². The van der Waals surface area contributed by atoms with Gasteiger partial charge in [0.05, 0.1) is 25.4 Å². The smallest absolute Gasteiger partial charge is 0.151 e. The predicted octanol–water partition coefficient (Wildman–Crippen LogP) is 4.54. The first kappa shape index (κ1) is 26.2. The van der Waals surface area contributed by atoms with Crippen LogP contribution in [0.3, 0.4) is 0 Å². The lowest BCUT2D eigenvalue weighted by molar-refractivity contribution is 0.131. The second kappa shape index (κ2) is 12.4. The molecule has 2 aliphatic heterocycles. The zero-order chi connectivity index (χ0) is 25.6. The van der Waals surface area contributed by atoms with Crippen molar-refractivity contribution in [2.24, 2.45) is 0 Å². The Kier molecular flexibility index (Phi) is 8.81. The lowest BCUT2D eigenvalue weighted by atomic mass is 9.97. The highest BCUT2D eigenvalue weighted by Crippen LogP contribution is 2.37. The minimum Gasteiger partial charge on any atom is -0.495 e. The molecular formula is C29H40N6OS. The number of nitrogens with zero attached hydrogens (tertiary/aromatic N) is 5. The summed E-state index contributed by atoms with van der Waals surface area (Å²) in [4.78, 5) is 6.46. The Balaban J connectivity index is 1.36. The topological polar surface area (TPSA) is 58.5 Å². The average molecular weight is 521 g/mol. The maximum Gasteiger partial charge on any atom is 0.151 e. The summed E-state index contributed by atoms with van der Waals surface area (Å²) in [6.45, 7) is 9.75. The molecule has 198 valence electrons. The predicted molar refractivity (Wildman–Crippen MR) is 151 cm³/mol. The maximum absolute atomic E-state index is 5.89. The number of thioether (sulfide) groups is 1. The van der Waals surface area contributed by atoms with Gasteiger partial charge in [-0.2, -0.15) is 0 Å². The summed E-state index contributed by atoms with van der Waals surface area (Å²) in [5, 5.41) is 13.0. The molecule has 0 radical (unpaired) electrons. The Morgan fingerprint density at radius 2 is 1.73 bits per heavy atom. The van der Waals surface area contributed by atoms with Gasteiger partial charge in [-0.25, -0.2) is 0 Å². The van der Waals surface area contributed by atoms with Gasteiger partial charge in [0, 0.05) is 49.6 Å². The summed E-state index contributed by atoms with van der Waals surface area (Å²) < 4.78 is 8.14. The highest BCUT2D eigenvalue weighted by molar-refractivity contribution is 7.98. The normalized spacial score (nSPS) is 18.3. The summed E-state index contributed by atoms with van der Waals surface area (Å²) in [5.41, 5.74) is 3.49. The average Bonchev–Trinajstić information content (AvgIpc) is 3.27. The van der Waals surface area contributed by atoms with Crippen LogP contribution in [0.4, 0.5) is 0 Å². The van der Waals surface area contributed by atoms with E-state index in [0.29, 0.717) is 6.54 Å². The number of aromatic nitrogens is 3. The molecule has 1 saturated heterocycles. The molecule has 37 heavy (non-hydrogen) atoms. The summed E-state index contributed by atoms with van der Waals surface area (Å²) >= 11 is 1.77. The minimum atomic E-state index is 0.0522. The Hall–Kier alpha value is -2.39. The van der Waals surface area contributed by atoms with E-state index < -0.39 is 0 Å². The molecular weight excluding hydrogens is 480 g/mol. The van der Waals surface area contributed by atoms with Gasteiger partial charge >= 0.3 is 0 Å². The molecule has 1 unspecified atom stereocenters. The standard InChI is InChI=1S/C29H40N6OS/c1-4-5-6-15-33-17-19-34(20-18-33)16-14-26-31-32-27-21-30-28(22-10-12-23(37-3)13-11-22)24-8-7-9-25(36-2)29(24)35(26)27/h7-13,28,30H,4-6,14-21H2,1-3H3. The second-order valence-corrected chi connectivity index (χ2v) is 10.9. The third kappa shape index (κ3) is 5.87. The first-order chi connectivity index (χ1) is 18.2. The van der Waals surface area contributed by atoms with Crippen LogP contribution in [-0.4, -0.2) is 77.2 Å². The van der Waals surface area contributed by atoms with E-state index >= 15 is 0 Å². The molecule has 0 bridgehead atoms. The zero-order valence-electron chi connectivity index (χ0n) is 22.4. The van der Waals surface area contributed by atoms with E-state index in [1.807, 2.05) is 6.07 Å². The Morgan fingerprint density at radius 1 is 0.973 bits per heavy atom. The molecule has 5 rings (SSSR count). The van der Waals surface area contributed by atoms with Crippen LogP contribution in [-0.2, 0) is 13.0 Å². The lowest BCUT2D eigenvalue weighted by Crippen LogP contribution is -2.47. The molecule has 0 aliphatic carbocycles. The van der Waals surface area contributed by atoms with E-state index in [1.165, 1.54) is 54.9 Å². The molecule has 0 amide bonds. The molecule has 1 fully saturated rings. The van der Waals surface area contributed by atoms with Crippen LogP contribution < -0.4 is 10.1 Å². The van der Waals surface area contributed by atoms with Crippen molar-refractivity contribution in [3.8, 4) is 11.4 Å². The largest absolute Gasteiger partial charge is 0.495 e. The minimum absolute atomic E-state index is 0.0522. The number of ether oxygens (including phenoxy) is 1. The van der Waals surface area contributed by atoms with Crippen LogP contribution in [0.15, 0.2) is 47.4 Å². The van der Waals surface area contributed by atoms with Crippen molar-refractivity contribution in [2.45, 2.75) is 50.1 Å². The first-order valence-electron chi connectivity index (χ1n) is 13.6. The van der Waals surface area contributed by atoms with Crippen LogP contribution in [0.25, 0.3) is 5.69 Å². The number of para-hydroxylation sites is 1. The quantitative estimate of drug-likeness (QED) is 0.311. The van der Waals surface area contributed by atoms with E-state index in [1.54, 1.807) is 18.9 Å². The SMILES string of the molecule is CCCCCN1CCN(CCc2nnc3n2-c2c(OC)cccc2C(c2ccc(SC)cc2)NC3)CC1. The molecule has 8 heteroatoms. The molecule has 0 saturated carbocycles. The van der Waals surface area contributed by atoms with Crippen LogP contribution in [0.2, 0.25) is 0 Å². The van der Waals surface area contributed by atoms with Crippen molar-refractivity contribution in [3.63, 3.8) is 0 Å². The summed E-state index contributed by atoms with van der Waals surface area (Å²) in [7, 11) is 1.75. The monoisotopic (exact) mass is 520 g/mol. The highest BCUT2D eigenvalue weighted by atomic mass is 32.2. The number of benzene rings is 2. The molecule has 3 heterocycles. The van der Waals surface area contributed by atoms with Crippen LogP contribution in [0.1, 0.15) is 55.0 Å². The summed E-state index contributed by atoms with van der Waals surface area (Å²) in [6.07, 6.45) is 6.92. The molecule has 3 aromatic rings. The van der Waals surface area contributed by atoms with Crippen molar-refractivity contribution in [2.75, 3.05) is 52.6 Å². The Morgan fingerprint density at radius 3 is 2.43 bits per heavy atom. The van der Waals surface area contributed by atoms with Crippen LogP contribution >= 0.6 is 11.8 Å². The van der Waals surface area contributed by atoms with Crippen molar-refractivity contribution >= 4 is 11.8 Å². The third-order valence-electron chi connectivity index (χ3n) is 7.69.